The maximum absolute atomic E-state index is 10.6. The second-order valence-electron chi connectivity index (χ2n) is 5.57. The first-order valence-electron chi connectivity index (χ1n) is 7.80. The van der Waals surface area contributed by atoms with Crippen LogP contribution in [0.25, 0.3) is 0 Å². The van der Waals surface area contributed by atoms with Crippen LogP contribution >= 0.6 is 0 Å². The van der Waals surface area contributed by atoms with Crippen molar-refractivity contribution < 1.29 is 201 Å². The van der Waals surface area contributed by atoms with Crippen LogP contribution in [0.1, 0.15) is 65.1 Å². The Bertz CT molecular complexity index is 931. The Morgan fingerprint density at radius 3 is 0.791 bits per heavy atom. The van der Waals surface area contributed by atoms with E-state index in [0.29, 0.717) is 0 Å². The van der Waals surface area contributed by atoms with Gasteiger partial charge in [0.1, 0.15) is 0 Å². The number of hydrogen-bond donors (Lipinski definition) is 8. The normalized spacial score (nSPS) is 7.21. The maximum atomic E-state index is 10.6. The second-order valence-corrected chi connectivity index (χ2v) is 5.57. The summed E-state index contributed by atoms with van der Waals surface area (Å²) in [4.78, 5) is 42.4. The molecule has 0 aromatic heterocycles. The van der Waals surface area contributed by atoms with Crippen molar-refractivity contribution >= 4 is 23.9 Å². The molecule has 0 bridgehead atoms. The van der Waals surface area contributed by atoms with Gasteiger partial charge in [-0.2, -0.15) is 0 Å². The number of carboxylic acid groups (broad SMARTS) is 4. The van der Waals surface area contributed by atoms with E-state index in [-0.39, 0.29) is 174 Å². The molecule has 25 heteroatoms. The van der Waals surface area contributed by atoms with E-state index in [4.69, 9.17) is 40.9 Å². The molecule has 19 nitrogen and oxygen atoms in total. The summed E-state index contributed by atoms with van der Waals surface area (Å²) >= 11 is 0. The Morgan fingerprint density at radius 1 is 0.442 bits per heavy atom. The van der Waals surface area contributed by atoms with Gasteiger partial charge in [-0.3, -0.25) is 0 Å². The molecule has 0 saturated carbocycles. The van der Waals surface area contributed by atoms with E-state index in [1.807, 2.05) is 0 Å². The van der Waals surface area contributed by atoms with Crippen molar-refractivity contribution in [2.24, 2.45) is 0 Å². The third-order valence-electron chi connectivity index (χ3n) is 3.61. The zero-order chi connectivity index (χ0) is 23.2. The van der Waals surface area contributed by atoms with Gasteiger partial charge in [-0.1, -0.05) is 0 Å². The van der Waals surface area contributed by atoms with Gasteiger partial charge in [0.05, 0.1) is 22.3 Å². The van der Waals surface area contributed by atoms with Crippen LogP contribution in [0.5, 0.6) is 0 Å². The Morgan fingerprint density at radius 2 is 0.651 bits per heavy atom. The van der Waals surface area contributed by atoms with Gasteiger partial charge in [0, 0.05) is 114 Å². The van der Waals surface area contributed by atoms with E-state index in [1.165, 1.54) is 0 Å². The van der Waals surface area contributed by atoms with Crippen LogP contribution in [0.2, 0.25) is 0 Å². The molecule has 0 saturated heterocycles. The molecule has 0 spiro atoms. The average Bonchev–Trinajstić information content (AvgIpc) is 2.67. The van der Waals surface area contributed by atoms with Gasteiger partial charge >= 0.3 is 23.9 Å². The number of rotatable bonds is 6. The first-order valence-corrected chi connectivity index (χ1v) is 7.80. The molecule has 0 aliphatic carbocycles. The van der Waals surface area contributed by atoms with Crippen LogP contribution < -0.4 is 0 Å². The van der Waals surface area contributed by atoms with Crippen molar-refractivity contribution in [1.29, 1.82) is 0 Å². The molecule has 282 valence electrons. The van der Waals surface area contributed by atoms with E-state index >= 15 is 0 Å². The van der Waals surface area contributed by atoms with E-state index in [0.717, 1.165) is 36.4 Å². The predicted molar refractivity (Wildman–Crippen MR) is 122 cm³/mol. The summed E-state index contributed by atoms with van der Waals surface area (Å²) in [5.74, 6) is -5.24. The summed E-state index contributed by atoms with van der Waals surface area (Å²) in [5, 5.41) is 70.0. The summed E-state index contributed by atoms with van der Waals surface area (Å²) in [7, 11) is 0. The van der Waals surface area contributed by atoms with Gasteiger partial charge in [0.2, 0.25) is 0 Å². The standard InChI is InChI=1S/2C9H8O6.6Cu.7H2O/c2*10-7(11)4-1-2-5(8(12)13)6(3-4)9(14)15;;;;;;;;;;;;;/h2*1-3,9,14-15H,(H,10,11)(H,12,13);;;;;;;7*1H2/p+1. The topological polar surface area (TPSA) is 452 Å². The number of aliphatic hydroxyl groups is 4. The number of aliphatic hydroxyl groups excluding tert-OH is 2. The van der Waals surface area contributed by atoms with E-state index in [2.05, 4.69) is 0 Å². The van der Waals surface area contributed by atoms with Gasteiger partial charge in [0.25, 0.3) is 0 Å². The molecule has 23 N–H and O–H groups in total. The molecule has 2 aromatic carbocycles. The minimum absolute atomic E-state index is 0. The number of aromatic carboxylic acids is 4. The molecule has 0 fully saturated rings. The Hall–Kier alpha value is -1.00. The quantitative estimate of drug-likeness (QED) is 0.0764. The maximum Gasteiger partial charge on any atom is 0.336 e. The molecule has 0 heterocycles. The van der Waals surface area contributed by atoms with Crippen LogP contribution in [0.3, 0.4) is 0 Å². The SMILES string of the molecule is O.O.O.O.O.O.O=C(O)c1ccc(C(=O)O)c(C(O)O)c1.O=C(O)c1ccc(C(=O)O)c(C(O)O)c1.[Cu].[Cu].[Cu].[Cu].[Cu].[Cu].[OH3+]. The zero-order valence-corrected chi connectivity index (χ0v) is 25.9. The molecule has 43 heavy (non-hydrogen) atoms. The predicted octanol–water partition coefficient (Wildman–Crippen LogP) is -5.75. The fraction of sp³-hybridized carbons (Fsp3) is 0.111. The molecular weight excluding hydrogens is 901 g/mol. The van der Waals surface area contributed by atoms with Crippen molar-refractivity contribution in [1.82, 2.24) is 0 Å². The van der Waals surface area contributed by atoms with Crippen molar-refractivity contribution in [3.8, 4) is 0 Å². The average molecular weight is 933 g/mol. The molecule has 0 unspecified atom stereocenters. The van der Waals surface area contributed by atoms with Crippen molar-refractivity contribution in [3.63, 3.8) is 0 Å². The van der Waals surface area contributed by atoms with E-state index in [1.54, 1.807) is 0 Å². The van der Waals surface area contributed by atoms with Gasteiger partial charge in [-0.05, 0) is 36.4 Å². The Labute approximate surface area is 305 Å². The first kappa shape index (κ1) is 83.9. The van der Waals surface area contributed by atoms with Crippen LogP contribution in [-0.2, 0) is 108 Å². The Balaban J connectivity index is -0.0000000292. The van der Waals surface area contributed by atoms with Gasteiger partial charge in [0.15, 0.2) is 12.6 Å². The summed E-state index contributed by atoms with van der Waals surface area (Å²) in [5.41, 5.74) is -1.78. The fourth-order valence-corrected chi connectivity index (χ4v) is 2.21. The number of benzene rings is 2. The van der Waals surface area contributed by atoms with E-state index < -0.39 is 36.5 Å². The number of carboxylic acids is 4. The molecule has 0 aliphatic rings. The van der Waals surface area contributed by atoms with Gasteiger partial charge in [-0.15, -0.1) is 0 Å². The molecule has 0 amide bonds. The molecule has 2 aromatic rings. The molecule has 0 aliphatic heterocycles. The minimum Gasteiger partial charge on any atom is -0.478 e. The van der Waals surface area contributed by atoms with Crippen LogP contribution in [-0.4, -0.2) is 97.6 Å². The number of hydrogen-bond acceptors (Lipinski definition) is 8. The number of carbonyl (C=O) groups is 4. The largest absolute Gasteiger partial charge is 0.478 e. The minimum atomic E-state index is -2.02. The van der Waals surface area contributed by atoms with Crippen LogP contribution in [0.4, 0.5) is 0 Å². The van der Waals surface area contributed by atoms with E-state index in [9.17, 15) is 19.2 Å². The molecule has 0 atom stereocenters. The Kier molecular flexibility index (Phi) is 76.2. The zero-order valence-electron chi connectivity index (χ0n) is 20.2. The van der Waals surface area contributed by atoms with Crippen LogP contribution in [0.15, 0.2) is 36.4 Å². The second kappa shape index (κ2) is 39.0. The first-order chi connectivity index (χ1) is 13.9. The molecule has 6 radical (unpaired) electrons. The van der Waals surface area contributed by atoms with Gasteiger partial charge < -0.3 is 79.2 Å². The van der Waals surface area contributed by atoms with Crippen LogP contribution in [0, 0.1) is 0 Å². The van der Waals surface area contributed by atoms with Crippen molar-refractivity contribution in [3.05, 3.63) is 69.8 Å². The smallest absolute Gasteiger partial charge is 0.336 e. The van der Waals surface area contributed by atoms with Crippen molar-refractivity contribution in [2.75, 3.05) is 0 Å². The summed E-state index contributed by atoms with van der Waals surface area (Å²) in [6.45, 7) is 0. The van der Waals surface area contributed by atoms with Gasteiger partial charge in [-0.25, -0.2) is 19.2 Å². The summed E-state index contributed by atoms with van der Waals surface area (Å²) in [6.07, 6.45) is -4.04. The fourth-order valence-electron chi connectivity index (χ4n) is 2.21. The summed E-state index contributed by atoms with van der Waals surface area (Å²) < 4.78 is 0. The third kappa shape index (κ3) is 26.0. The third-order valence-corrected chi connectivity index (χ3v) is 3.61. The molecular formula is C18H31Cu6O19+. The monoisotopic (exact) mass is 929 g/mol. The van der Waals surface area contributed by atoms with Crippen molar-refractivity contribution in [2.45, 2.75) is 12.6 Å². The summed E-state index contributed by atoms with van der Waals surface area (Å²) in [6, 6.07) is 6.02. The molecule has 2 rings (SSSR count).